The lowest BCUT2D eigenvalue weighted by molar-refractivity contribution is 0.340. The van der Waals surface area contributed by atoms with E-state index in [1.807, 2.05) is 51.1 Å². The first kappa shape index (κ1) is 15.3. The van der Waals surface area contributed by atoms with Gasteiger partial charge in [-0.1, -0.05) is 12.1 Å². The number of aryl methyl sites for hydroxylation is 2. The first-order valence-electron chi connectivity index (χ1n) is 7.11. The van der Waals surface area contributed by atoms with Crippen LogP contribution in [0.1, 0.15) is 35.3 Å². The van der Waals surface area contributed by atoms with E-state index in [1.54, 1.807) is 11.6 Å². The molecule has 2 aromatic rings. The fourth-order valence-electron chi connectivity index (χ4n) is 2.48. The van der Waals surface area contributed by atoms with E-state index < -0.39 is 6.04 Å². The number of nitrogens with two attached hydrogens (primary N) is 1. The van der Waals surface area contributed by atoms with Crippen molar-refractivity contribution in [3.8, 4) is 5.75 Å². The topological polar surface area (TPSA) is 57.2 Å². The summed E-state index contributed by atoms with van der Waals surface area (Å²) in [6.45, 7) is 6.42. The second-order valence-electron chi connectivity index (χ2n) is 5.23. The lowest BCUT2D eigenvalue weighted by Crippen LogP contribution is -2.29. The van der Waals surface area contributed by atoms with Crippen LogP contribution in [-0.4, -0.2) is 11.2 Å². The SMILES string of the molecule is CCOc1ccc(C(N)c2c(C)cc(C)n(C)c2=O)cc1. The van der Waals surface area contributed by atoms with Gasteiger partial charge in [0.05, 0.1) is 12.6 Å². The van der Waals surface area contributed by atoms with E-state index in [0.717, 1.165) is 22.6 Å². The van der Waals surface area contributed by atoms with Crippen LogP contribution in [0.5, 0.6) is 5.75 Å². The molecule has 1 heterocycles. The Morgan fingerprint density at radius 1 is 1.24 bits per heavy atom. The summed E-state index contributed by atoms with van der Waals surface area (Å²) in [7, 11) is 1.77. The lowest BCUT2D eigenvalue weighted by Gasteiger charge is -2.17. The molecule has 21 heavy (non-hydrogen) atoms. The molecular formula is C17H22N2O2. The van der Waals surface area contributed by atoms with Crippen molar-refractivity contribution in [2.45, 2.75) is 26.8 Å². The van der Waals surface area contributed by atoms with Crippen LogP contribution in [0.25, 0.3) is 0 Å². The van der Waals surface area contributed by atoms with E-state index in [4.69, 9.17) is 10.5 Å². The second-order valence-corrected chi connectivity index (χ2v) is 5.23. The zero-order valence-corrected chi connectivity index (χ0v) is 13.0. The number of hydrogen-bond acceptors (Lipinski definition) is 3. The van der Waals surface area contributed by atoms with E-state index in [1.165, 1.54) is 0 Å². The summed E-state index contributed by atoms with van der Waals surface area (Å²) in [4.78, 5) is 12.5. The standard InChI is InChI=1S/C17H22N2O2/c1-5-21-14-8-6-13(7-9-14)16(18)15-11(2)10-12(3)19(4)17(15)20/h6-10,16H,5,18H2,1-4H3. The van der Waals surface area contributed by atoms with Crippen LogP contribution in [0, 0.1) is 13.8 Å². The Morgan fingerprint density at radius 3 is 2.43 bits per heavy atom. The van der Waals surface area contributed by atoms with Gasteiger partial charge in [0.2, 0.25) is 0 Å². The van der Waals surface area contributed by atoms with Crippen LogP contribution < -0.4 is 16.0 Å². The second kappa shape index (κ2) is 6.14. The molecule has 0 aliphatic carbocycles. The summed E-state index contributed by atoms with van der Waals surface area (Å²) in [6, 6.07) is 9.15. The maximum absolute atomic E-state index is 12.5. The Labute approximate surface area is 125 Å². The summed E-state index contributed by atoms with van der Waals surface area (Å²) in [5, 5.41) is 0. The Balaban J connectivity index is 2.42. The zero-order valence-electron chi connectivity index (χ0n) is 13.0. The van der Waals surface area contributed by atoms with Gasteiger partial charge < -0.3 is 15.0 Å². The Bertz CT molecular complexity index is 687. The summed E-state index contributed by atoms with van der Waals surface area (Å²) < 4.78 is 7.06. The molecule has 0 saturated carbocycles. The third-order valence-corrected chi connectivity index (χ3v) is 3.78. The fraction of sp³-hybridized carbons (Fsp3) is 0.353. The van der Waals surface area contributed by atoms with Crippen molar-refractivity contribution in [3.63, 3.8) is 0 Å². The molecule has 1 aromatic carbocycles. The molecule has 0 aliphatic rings. The van der Waals surface area contributed by atoms with Crippen molar-refractivity contribution in [2.75, 3.05) is 6.61 Å². The first-order valence-corrected chi connectivity index (χ1v) is 7.11. The molecular weight excluding hydrogens is 264 g/mol. The maximum atomic E-state index is 12.5. The molecule has 112 valence electrons. The summed E-state index contributed by atoms with van der Waals surface area (Å²) in [5.41, 5.74) is 9.68. The molecule has 4 nitrogen and oxygen atoms in total. The van der Waals surface area contributed by atoms with E-state index in [-0.39, 0.29) is 5.56 Å². The molecule has 0 amide bonds. The van der Waals surface area contributed by atoms with Gasteiger partial charge in [0.25, 0.3) is 5.56 Å². The normalized spacial score (nSPS) is 12.2. The van der Waals surface area contributed by atoms with E-state index >= 15 is 0 Å². The predicted octanol–water partition coefficient (Wildman–Crippen LogP) is 2.45. The van der Waals surface area contributed by atoms with Crippen LogP contribution in [-0.2, 0) is 7.05 Å². The minimum Gasteiger partial charge on any atom is -0.494 e. The number of benzene rings is 1. The van der Waals surface area contributed by atoms with Gasteiger partial charge in [0.1, 0.15) is 5.75 Å². The number of nitrogens with zero attached hydrogens (tertiary/aromatic N) is 1. The van der Waals surface area contributed by atoms with E-state index in [2.05, 4.69) is 0 Å². The van der Waals surface area contributed by atoms with E-state index in [0.29, 0.717) is 12.2 Å². The molecule has 0 spiro atoms. The smallest absolute Gasteiger partial charge is 0.255 e. The van der Waals surface area contributed by atoms with Crippen molar-refractivity contribution >= 4 is 0 Å². The minimum absolute atomic E-state index is 0.0334. The van der Waals surface area contributed by atoms with Crippen LogP contribution in [0.2, 0.25) is 0 Å². The highest BCUT2D eigenvalue weighted by Gasteiger charge is 2.17. The number of pyridine rings is 1. The van der Waals surface area contributed by atoms with Crippen LogP contribution in [0.4, 0.5) is 0 Å². The lowest BCUT2D eigenvalue weighted by atomic mass is 9.96. The van der Waals surface area contributed by atoms with Crippen molar-refractivity contribution < 1.29 is 4.74 Å². The maximum Gasteiger partial charge on any atom is 0.255 e. The highest BCUT2D eigenvalue weighted by atomic mass is 16.5. The average Bonchev–Trinajstić information content (AvgIpc) is 2.46. The number of aromatic nitrogens is 1. The summed E-state index contributed by atoms with van der Waals surface area (Å²) >= 11 is 0. The quantitative estimate of drug-likeness (QED) is 0.939. The fourth-order valence-corrected chi connectivity index (χ4v) is 2.48. The minimum atomic E-state index is -0.431. The van der Waals surface area contributed by atoms with Crippen LogP contribution in [0.3, 0.4) is 0 Å². The summed E-state index contributed by atoms with van der Waals surface area (Å²) in [5.74, 6) is 0.807. The van der Waals surface area contributed by atoms with Gasteiger partial charge in [0.15, 0.2) is 0 Å². The average molecular weight is 286 g/mol. The molecule has 0 bridgehead atoms. The van der Waals surface area contributed by atoms with Gasteiger partial charge >= 0.3 is 0 Å². The Morgan fingerprint density at radius 2 is 1.86 bits per heavy atom. The van der Waals surface area contributed by atoms with Crippen molar-refractivity contribution in [1.29, 1.82) is 0 Å². The third kappa shape index (κ3) is 3.00. The predicted molar refractivity (Wildman–Crippen MR) is 84.8 cm³/mol. The monoisotopic (exact) mass is 286 g/mol. The molecule has 4 heteroatoms. The molecule has 0 aliphatic heterocycles. The van der Waals surface area contributed by atoms with Crippen LogP contribution >= 0.6 is 0 Å². The number of hydrogen-bond donors (Lipinski definition) is 1. The largest absolute Gasteiger partial charge is 0.494 e. The summed E-state index contributed by atoms with van der Waals surface area (Å²) in [6.07, 6.45) is 0. The van der Waals surface area contributed by atoms with Crippen molar-refractivity contribution in [1.82, 2.24) is 4.57 Å². The molecule has 1 aromatic heterocycles. The molecule has 2 N–H and O–H groups in total. The molecule has 1 atom stereocenters. The van der Waals surface area contributed by atoms with Crippen LogP contribution in [0.15, 0.2) is 35.1 Å². The first-order chi connectivity index (χ1) is 9.95. The Kier molecular flexibility index (Phi) is 4.48. The van der Waals surface area contributed by atoms with Gasteiger partial charge in [-0.3, -0.25) is 4.79 Å². The zero-order chi connectivity index (χ0) is 15.6. The van der Waals surface area contributed by atoms with Gasteiger partial charge in [-0.15, -0.1) is 0 Å². The molecule has 0 radical (unpaired) electrons. The Hall–Kier alpha value is -2.07. The van der Waals surface area contributed by atoms with E-state index in [9.17, 15) is 4.79 Å². The van der Waals surface area contributed by atoms with Gasteiger partial charge in [-0.25, -0.2) is 0 Å². The van der Waals surface area contributed by atoms with Gasteiger partial charge in [-0.05, 0) is 50.1 Å². The van der Waals surface area contributed by atoms with Crippen molar-refractivity contribution in [2.24, 2.45) is 12.8 Å². The third-order valence-electron chi connectivity index (χ3n) is 3.78. The highest BCUT2D eigenvalue weighted by Crippen LogP contribution is 2.22. The van der Waals surface area contributed by atoms with Gasteiger partial charge in [0, 0.05) is 18.3 Å². The highest BCUT2D eigenvalue weighted by molar-refractivity contribution is 5.38. The van der Waals surface area contributed by atoms with Crippen molar-refractivity contribution in [3.05, 3.63) is 63.1 Å². The molecule has 0 fully saturated rings. The van der Waals surface area contributed by atoms with Gasteiger partial charge in [-0.2, -0.15) is 0 Å². The molecule has 2 rings (SSSR count). The molecule has 0 saturated heterocycles. The number of rotatable bonds is 4. The molecule has 1 unspecified atom stereocenters. The number of ether oxygens (including phenoxy) is 1.